The van der Waals surface area contributed by atoms with Gasteiger partial charge in [-0.2, -0.15) is 20.0 Å². The van der Waals surface area contributed by atoms with Crippen LogP contribution < -0.4 is 15.5 Å². The van der Waals surface area contributed by atoms with E-state index in [0.717, 1.165) is 56.6 Å². The number of aromatic nitrogens is 4. The molecule has 2 aliphatic heterocycles. The van der Waals surface area contributed by atoms with Crippen LogP contribution in [0.5, 0.6) is 0 Å². The van der Waals surface area contributed by atoms with Gasteiger partial charge in [0.15, 0.2) is 17.2 Å². The number of fused-ring (bicyclic) bond motifs is 2. The maximum atomic E-state index is 13.0. The minimum Gasteiger partial charge on any atom is -0.389 e. The predicted molar refractivity (Wildman–Crippen MR) is 144 cm³/mol. The Morgan fingerprint density at radius 3 is 2.74 bits per heavy atom. The summed E-state index contributed by atoms with van der Waals surface area (Å²) in [5, 5.41) is 40.5. The lowest BCUT2D eigenvalue weighted by Crippen LogP contribution is -2.50. The molecule has 0 spiro atoms. The topological polar surface area (TPSA) is 141 Å². The van der Waals surface area contributed by atoms with Gasteiger partial charge in [0.2, 0.25) is 5.95 Å². The summed E-state index contributed by atoms with van der Waals surface area (Å²) in [6.07, 6.45) is 4.68. The van der Waals surface area contributed by atoms with Gasteiger partial charge in [0.05, 0.1) is 23.9 Å². The number of imidazole rings is 1. The molecule has 0 bridgehead atoms. The number of benzene rings is 1. The van der Waals surface area contributed by atoms with Gasteiger partial charge in [0.1, 0.15) is 12.7 Å². The number of nitriles is 2. The van der Waals surface area contributed by atoms with Gasteiger partial charge in [0.25, 0.3) is 0 Å². The Morgan fingerprint density at radius 1 is 1.18 bits per heavy atom. The van der Waals surface area contributed by atoms with Crippen molar-refractivity contribution in [2.45, 2.75) is 50.8 Å². The van der Waals surface area contributed by atoms with E-state index in [1.54, 1.807) is 6.07 Å². The molecule has 0 amide bonds. The molecule has 3 fully saturated rings. The summed E-state index contributed by atoms with van der Waals surface area (Å²) in [4.78, 5) is 13.5. The average molecular weight is 531 g/mol. The van der Waals surface area contributed by atoms with E-state index in [1.807, 2.05) is 13.0 Å². The number of β-amino-alcohol motifs (C(OH)–C–C–N with tert-alkyl or cyclic N) is 1. The van der Waals surface area contributed by atoms with Crippen LogP contribution in [0.4, 0.5) is 27.5 Å². The van der Waals surface area contributed by atoms with Gasteiger partial charge in [-0.1, -0.05) is 0 Å². The van der Waals surface area contributed by atoms with Gasteiger partial charge < -0.3 is 20.6 Å². The normalized spacial score (nSPS) is 21.8. The zero-order valence-corrected chi connectivity index (χ0v) is 21.8. The van der Waals surface area contributed by atoms with Gasteiger partial charge in [-0.3, -0.25) is 4.90 Å². The van der Waals surface area contributed by atoms with Crippen molar-refractivity contribution >= 4 is 28.8 Å². The van der Waals surface area contributed by atoms with Gasteiger partial charge in [-0.05, 0) is 62.8 Å². The summed E-state index contributed by atoms with van der Waals surface area (Å²) in [7, 11) is 0. The first-order valence-electron chi connectivity index (χ1n) is 13.4. The third kappa shape index (κ3) is 4.93. The molecule has 11 nitrogen and oxygen atoms in total. The quantitative estimate of drug-likeness (QED) is 0.398. The summed E-state index contributed by atoms with van der Waals surface area (Å²) in [5.41, 5.74) is 3.91. The van der Waals surface area contributed by atoms with Gasteiger partial charge >= 0.3 is 0 Å². The molecule has 6 rings (SSSR count). The molecular formula is C27H31FN10O. The van der Waals surface area contributed by atoms with E-state index in [9.17, 15) is 20.0 Å². The van der Waals surface area contributed by atoms with Crippen LogP contribution in [0.1, 0.15) is 42.5 Å². The van der Waals surface area contributed by atoms with Crippen LogP contribution in [0.3, 0.4) is 0 Å². The zero-order chi connectivity index (χ0) is 27.1. The molecule has 1 aromatic carbocycles. The highest BCUT2D eigenvalue weighted by Gasteiger charge is 2.39. The van der Waals surface area contributed by atoms with Crippen LogP contribution in [0.2, 0.25) is 0 Å². The van der Waals surface area contributed by atoms with E-state index in [2.05, 4.69) is 47.6 Å². The van der Waals surface area contributed by atoms with Gasteiger partial charge in [0, 0.05) is 43.1 Å². The molecule has 3 aromatic rings. The number of hydrogen-bond donors (Lipinski definition) is 3. The zero-order valence-electron chi connectivity index (χ0n) is 21.8. The van der Waals surface area contributed by atoms with E-state index in [-0.39, 0.29) is 6.04 Å². The first-order valence-corrected chi connectivity index (χ1v) is 13.4. The number of aliphatic hydroxyl groups is 1. The Balaban J connectivity index is 1.31. The minimum absolute atomic E-state index is 0.231. The molecule has 3 atom stereocenters. The highest BCUT2D eigenvalue weighted by Crippen LogP contribution is 2.37. The second-order valence-electron chi connectivity index (χ2n) is 10.8. The monoisotopic (exact) mass is 530 g/mol. The Morgan fingerprint density at radius 2 is 2.00 bits per heavy atom. The van der Waals surface area contributed by atoms with Crippen molar-refractivity contribution in [3.05, 3.63) is 35.2 Å². The van der Waals surface area contributed by atoms with Crippen molar-refractivity contribution in [2.24, 2.45) is 5.92 Å². The molecule has 2 aromatic heterocycles. The van der Waals surface area contributed by atoms with Crippen molar-refractivity contribution in [3.8, 4) is 12.1 Å². The van der Waals surface area contributed by atoms with Crippen LogP contribution in [0.25, 0.3) is 5.65 Å². The largest absolute Gasteiger partial charge is 0.389 e. The van der Waals surface area contributed by atoms with E-state index in [0.29, 0.717) is 52.9 Å². The summed E-state index contributed by atoms with van der Waals surface area (Å²) in [5.74, 6) is 1.38. The summed E-state index contributed by atoms with van der Waals surface area (Å²) in [6.45, 7) is 4.07. The number of nitrogens with zero attached hydrogens (tertiary/aromatic N) is 8. The van der Waals surface area contributed by atoms with Crippen LogP contribution >= 0.6 is 0 Å². The van der Waals surface area contributed by atoms with E-state index in [1.165, 1.54) is 10.7 Å². The molecule has 3 aliphatic rings. The molecule has 4 heterocycles. The van der Waals surface area contributed by atoms with Crippen LogP contribution in [0.15, 0.2) is 18.3 Å². The first kappa shape index (κ1) is 25.3. The standard InChI is InChI=1S/C27H31FN10O/c1-16-22(33-27-34-25(32-19-2-3-19)26-31-13-20(12-30)38(26)35-27)8-17(11-29)9-23(16)37-7-5-18-4-6-36(24(18)15-37)14-21(39)10-28/h8-9,13,18-19,21,24,39H,2-7,10,14-15H2,1H3,(H2,32,33,34,35). The fourth-order valence-electron chi connectivity index (χ4n) is 5.86. The lowest BCUT2D eigenvalue weighted by molar-refractivity contribution is 0.0778. The number of aliphatic hydroxyl groups excluding tert-OH is 1. The molecular weight excluding hydrogens is 499 g/mol. The maximum Gasteiger partial charge on any atom is 0.247 e. The first-order chi connectivity index (χ1) is 19.0. The number of alkyl halides is 1. The SMILES string of the molecule is Cc1c(Nc2nc(NC3CC3)c3ncc(C#N)n3n2)cc(C#N)cc1N1CCC2CCN(CC(O)CF)C2C1. The van der Waals surface area contributed by atoms with E-state index >= 15 is 0 Å². The number of likely N-dealkylation sites (tertiary alicyclic amines) is 1. The number of hydrogen-bond acceptors (Lipinski definition) is 10. The second kappa shape index (κ2) is 10.3. The third-order valence-electron chi connectivity index (χ3n) is 8.09. The van der Waals surface area contributed by atoms with Gasteiger partial charge in [-0.15, -0.1) is 5.10 Å². The van der Waals surface area contributed by atoms with E-state index in [4.69, 9.17) is 0 Å². The number of anilines is 4. The van der Waals surface area contributed by atoms with E-state index < -0.39 is 12.8 Å². The predicted octanol–water partition coefficient (Wildman–Crippen LogP) is 2.72. The molecule has 2 saturated heterocycles. The highest BCUT2D eigenvalue weighted by molar-refractivity contribution is 5.73. The molecule has 1 aliphatic carbocycles. The Hall–Kier alpha value is -4.00. The number of halogens is 1. The number of nitrogens with one attached hydrogen (secondary N) is 2. The lowest BCUT2D eigenvalue weighted by Gasteiger charge is -2.41. The maximum absolute atomic E-state index is 13.0. The lowest BCUT2D eigenvalue weighted by atomic mass is 9.91. The van der Waals surface area contributed by atoms with Crippen molar-refractivity contribution in [1.82, 2.24) is 24.5 Å². The molecule has 0 radical (unpaired) electrons. The number of piperidine rings is 1. The Labute approximate surface area is 225 Å². The fraction of sp³-hybridized carbons (Fsp3) is 0.519. The molecule has 3 N–H and O–H groups in total. The van der Waals surface area contributed by atoms with Crippen LogP contribution in [-0.2, 0) is 0 Å². The highest BCUT2D eigenvalue weighted by atomic mass is 19.1. The molecule has 39 heavy (non-hydrogen) atoms. The summed E-state index contributed by atoms with van der Waals surface area (Å²) >= 11 is 0. The molecule has 202 valence electrons. The van der Waals surface area contributed by atoms with Crippen LogP contribution in [0, 0.1) is 35.5 Å². The van der Waals surface area contributed by atoms with Crippen molar-refractivity contribution < 1.29 is 9.50 Å². The number of rotatable bonds is 8. The van der Waals surface area contributed by atoms with Crippen molar-refractivity contribution in [3.63, 3.8) is 0 Å². The molecule has 12 heteroatoms. The van der Waals surface area contributed by atoms with Crippen LogP contribution in [-0.4, -0.2) is 80.6 Å². The third-order valence-corrected chi connectivity index (χ3v) is 8.09. The smallest absolute Gasteiger partial charge is 0.247 e. The van der Waals surface area contributed by atoms with Crippen molar-refractivity contribution in [2.75, 3.05) is 48.4 Å². The Bertz CT molecular complexity index is 1470. The van der Waals surface area contributed by atoms with Crippen molar-refractivity contribution in [1.29, 1.82) is 10.5 Å². The summed E-state index contributed by atoms with van der Waals surface area (Å²) in [6, 6.07) is 8.65. The average Bonchev–Trinajstić information content (AvgIpc) is 3.53. The fourth-order valence-corrected chi connectivity index (χ4v) is 5.86. The molecule has 3 unspecified atom stereocenters. The second-order valence-corrected chi connectivity index (χ2v) is 10.8. The molecule has 1 saturated carbocycles. The summed E-state index contributed by atoms with van der Waals surface area (Å²) < 4.78 is 14.5. The van der Waals surface area contributed by atoms with Gasteiger partial charge in [-0.25, -0.2) is 9.37 Å². The Kier molecular flexibility index (Phi) is 6.67. The minimum atomic E-state index is -0.965.